The highest BCUT2D eigenvalue weighted by Gasteiger charge is 2.74. The molecule has 0 aromatic rings. The second-order valence-corrected chi connectivity index (χ2v) is 11.7. The van der Waals surface area contributed by atoms with Crippen molar-refractivity contribution in [2.24, 2.45) is 34.5 Å². The predicted molar refractivity (Wildman–Crippen MR) is 121 cm³/mol. The van der Waals surface area contributed by atoms with Crippen LogP contribution in [0.1, 0.15) is 61.3 Å². The maximum atomic E-state index is 12.7. The Morgan fingerprint density at radius 3 is 2.16 bits per heavy atom. The number of ether oxygens (including phenoxy) is 4. The van der Waals surface area contributed by atoms with Gasteiger partial charge in [-0.25, -0.2) is 0 Å². The zero-order valence-corrected chi connectivity index (χ0v) is 21.2. The van der Waals surface area contributed by atoms with Crippen molar-refractivity contribution in [1.29, 1.82) is 0 Å². The van der Waals surface area contributed by atoms with E-state index in [1.165, 1.54) is 11.1 Å². The van der Waals surface area contributed by atoms with Gasteiger partial charge in [-0.2, -0.15) is 0 Å². The molecule has 178 valence electrons. The first-order valence-corrected chi connectivity index (χ1v) is 12.0. The van der Waals surface area contributed by atoms with Crippen LogP contribution in [0, 0.1) is 34.5 Å². The van der Waals surface area contributed by atoms with Crippen LogP contribution in [0.15, 0.2) is 11.1 Å². The Morgan fingerprint density at radius 2 is 1.68 bits per heavy atom. The van der Waals surface area contributed by atoms with Crippen molar-refractivity contribution in [3.63, 3.8) is 0 Å². The summed E-state index contributed by atoms with van der Waals surface area (Å²) in [6, 6.07) is 0. The van der Waals surface area contributed by atoms with Gasteiger partial charge in [-0.1, -0.05) is 47.1 Å². The number of rotatable bonds is 3. The third-order valence-corrected chi connectivity index (χ3v) is 10.9. The van der Waals surface area contributed by atoms with Gasteiger partial charge in [0.05, 0.1) is 24.9 Å². The van der Waals surface area contributed by atoms with Crippen molar-refractivity contribution >= 4 is 0 Å². The zero-order valence-electron chi connectivity index (χ0n) is 21.2. The van der Waals surface area contributed by atoms with E-state index in [0.717, 1.165) is 6.42 Å². The molecule has 0 radical (unpaired) electrons. The van der Waals surface area contributed by atoms with E-state index in [9.17, 15) is 5.11 Å². The van der Waals surface area contributed by atoms with Crippen LogP contribution in [0.25, 0.3) is 0 Å². The van der Waals surface area contributed by atoms with E-state index in [0.29, 0.717) is 30.8 Å². The second-order valence-electron chi connectivity index (χ2n) is 11.7. The molecule has 3 aliphatic carbocycles. The molecule has 1 heterocycles. The molecule has 0 amide bonds. The molecule has 0 aromatic carbocycles. The van der Waals surface area contributed by atoms with Crippen molar-refractivity contribution < 1.29 is 24.1 Å². The summed E-state index contributed by atoms with van der Waals surface area (Å²) < 4.78 is 24.7. The minimum Gasteiger partial charge on any atom is -0.386 e. The lowest BCUT2D eigenvalue weighted by molar-refractivity contribution is -0.361. The Morgan fingerprint density at radius 1 is 1.03 bits per heavy atom. The molecule has 31 heavy (non-hydrogen) atoms. The summed E-state index contributed by atoms with van der Waals surface area (Å²) in [6.07, 6.45) is 1.05. The molecular weight excluding hydrogens is 392 g/mol. The van der Waals surface area contributed by atoms with Crippen LogP contribution in [0.2, 0.25) is 0 Å². The molecule has 0 aromatic heterocycles. The van der Waals surface area contributed by atoms with Crippen LogP contribution in [0.4, 0.5) is 0 Å². The van der Waals surface area contributed by atoms with Gasteiger partial charge in [0, 0.05) is 39.1 Å². The summed E-state index contributed by atoms with van der Waals surface area (Å²) in [5.74, 6) is 1.12. The molecule has 2 bridgehead atoms. The van der Waals surface area contributed by atoms with E-state index in [1.807, 2.05) is 7.11 Å². The van der Waals surface area contributed by atoms with Gasteiger partial charge in [-0.15, -0.1) is 0 Å². The molecule has 6 unspecified atom stereocenters. The topological polar surface area (TPSA) is 57.2 Å². The van der Waals surface area contributed by atoms with E-state index in [1.54, 1.807) is 14.2 Å². The van der Waals surface area contributed by atoms with Gasteiger partial charge < -0.3 is 24.1 Å². The average Bonchev–Trinajstić information content (AvgIpc) is 2.71. The van der Waals surface area contributed by atoms with Crippen LogP contribution in [0.5, 0.6) is 0 Å². The fourth-order valence-electron chi connectivity index (χ4n) is 8.61. The van der Waals surface area contributed by atoms with Crippen molar-refractivity contribution in [2.45, 2.75) is 90.8 Å². The molecular formula is C26H44O5. The van der Waals surface area contributed by atoms with Crippen LogP contribution >= 0.6 is 0 Å². The van der Waals surface area contributed by atoms with E-state index in [2.05, 4.69) is 48.5 Å². The van der Waals surface area contributed by atoms with E-state index in [-0.39, 0.29) is 23.5 Å². The van der Waals surface area contributed by atoms with E-state index in [4.69, 9.17) is 18.9 Å². The first-order valence-electron chi connectivity index (χ1n) is 12.0. The number of aliphatic hydroxyl groups is 1. The van der Waals surface area contributed by atoms with E-state index >= 15 is 0 Å². The molecule has 1 N–H and O–H groups in total. The highest BCUT2D eigenvalue weighted by Crippen LogP contribution is 2.68. The fraction of sp³-hybridized carbons (Fsp3) is 0.923. The minimum atomic E-state index is -1.08. The van der Waals surface area contributed by atoms with Crippen LogP contribution in [-0.2, 0) is 18.9 Å². The molecule has 3 fully saturated rings. The molecule has 5 nitrogen and oxygen atoms in total. The molecule has 4 rings (SSSR count). The summed E-state index contributed by atoms with van der Waals surface area (Å²) in [5, 5.41) is 12.7. The van der Waals surface area contributed by atoms with Gasteiger partial charge in [0.1, 0.15) is 11.2 Å². The average molecular weight is 437 g/mol. The van der Waals surface area contributed by atoms with E-state index < -0.39 is 22.7 Å². The lowest BCUT2D eigenvalue weighted by Gasteiger charge is -2.71. The van der Waals surface area contributed by atoms with Crippen LogP contribution in [-0.4, -0.2) is 62.6 Å². The van der Waals surface area contributed by atoms with Gasteiger partial charge in [0.25, 0.3) is 0 Å². The highest BCUT2D eigenvalue weighted by atomic mass is 16.6. The fourth-order valence-corrected chi connectivity index (χ4v) is 8.61. The Labute approximate surface area is 188 Å². The molecule has 2 saturated carbocycles. The zero-order chi connectivity index (χ0) is 23.1. The molecule has 10 atom stereocenters. The van der Waals surface area contributed by atoms with Crippen molar-refractivity contribution in [1.82, 2.24) is 0 Å². The largest absolute Gasteiger partial charge is 0.386 e. The first kappa shape index (κ1) is 23.7. The summed E-state index contributed by atoms with van der Waals surface area (Å²) in [4.78, 5) is 0. The lowest BCUT2D eigenvalue weighted by Crippen LogP contribution is -2.79. The summed E-state index contributed by atoms with van der Waals surface area (Å²) in [6.45, 7) is 16.7. The number of fused-ring (bicyclic) bond motifs is 5. The maximum Gasteiger partial charge on any atom is 0.123 e. The number of hydrogen-bond acceptors (Lipinski definition) is 5. The van der Waals surface area contributed by atoms with Gasteiger partial charge in [0.15, 0.2) is 0 Å². The monoisotopic (exact) mass is 436 g/mol. The molecule has 0 spiro atoms. The summed E-state index contributed by atoms with van der Waals surface area (Å²) in [7, 11) is 5.33. The Hall–Kier alpha value is -0.460. The smallest absolute Gasteiger partial charge is 0.123 e. The van der Waals surface area contributed by atoms with Gasteiger partial charge in [-0.3, -0.25) is 0 Å². The number of methoxy groups -OCH3 is 3. The molecule has 1 aliphatic heterocycles. The quantitative estimate of drug-likeness (QED) is 0.671. The van der Waals surface area contributed by atoms with Crippen LogP contribution < -0.4 is 0 Å². The first-order chi connectivity index (χ1) is 14.4. The highest BCUT2D eigenvalue weighted by molar-refractivity contribution is 5.37. The minimum absolute atomic E-state index is 0.0108. The summed E-state index contributed by atoms with van der Waals surface area (Å²) in [5.41, 5.74) is 0.582. The van der Waals surface area contributed by atoms with Gasteiger partial charge in [-0.05, 0) is 42.1 Å². The lowest BCUT2D eigenvalue weighted by atomic mass is 9.40. The van der Waals surface area contributed by atoms with Gasteiger partial charge >= 0.3 is 0 Å². The Kier molecular flexibility index (Phi) is 5.55. The van der Waals surface area contributed by atoms with Crippen LogP contribution in [0.3, 0.4) is 0 Å². The number of hydrogen-bond donors (Lipinski definition) is 1. The van der Waals surface area contributed by atoms with Crippen molar-refractivity contribution in [3.8, 4) is 0 Å². The van der Waals surface area contributed by atoms with Crippen molar-refractivity contribution in [3.05, 3.63) is 11.1 Å². The predicted octanol–water partition coefficient (Wildman–Crippen LogP) is 4.23. The second kappa shape index (κ2) is 7.27. The third kappa shape index (κ3) is 2.62. The third-order valence-electron chi connectivity index (χ3n) is 10.9. The normalized spacial score (nSPS) is 53.7. The van der Waals surface area contributed by atoms with Crippen molar-refractivity contribution in [2.75, 3.05) is 27.9 Å². The summed E-state index contributed by atoms with van der Waals surface area (Å²) >= 11 is 0. The SMILES string of the molecule is COC1CC2(O)C(OC)C3C4(OC)COC4C[C@H](C)[C@@]3(C)[C@H](C)[C@H](C)C(=C1C)C2(C)C. The molecule has 5 heteroatoms. The Bertz CT molecular complexity index is 757. The molecule has 1 saturated heterocycles. The Balaban J connectivity index is 2.04. The maximum absolute atomic E-state index is 12.7. The molecule has 4 aliphatic rings. The van der Waals surface area contributed by atoms with Gasteiger partial charge in [0.2, 0.25) is 0 Å². The standard InChI is InChI=1S/C26H44O5/c1-14-11-19-25(30-10,13-31-19)21-22(29-9)26(27)12-18(28-8)16(3)20(23(26,5)6)15(2)17(4)24(14,21)7/h14-15,17-19,21-22,27H,11-13H2,1-10H3/t14-,15-,17+,18?,19?,21?,22?,24-,25?,26?/m0/s1.